The fourth-order valence-corrected chi connectivity index (χ4v) is 10.7. The summed E-state index contributed by atoms with van der Waals surface area (Å²) in [5, 5.41) is 2.20. The van der Waals surface area contributed by atoms with Gasteiger partial charge in [0.05, 0.1) is 29.4 Å². The van der Waals surface area contributed by atoms with Crippen molar-refractivity contribution in [2.75, 3.05) is 13.2 Å². The molecule has 0 N–H and O–H groups in total. The van der Waals surface area contributed by atoms with Gasteiger partial charge in [-0.15, -0.1) is 0 Å². The zero-order chi connectivity index (χ0) is 20.6. The number of esters is 2. The van der Waals surface area contributed by atoms with Crippen LogP contribution in [-0.2, 0) is 24.5 Å². The third-order valence-corrected chi connectivity index (χ3v) is 9.28. The molecule has 2 rings (SSSR count). The van der Waals surface area contributed by atoms with Crippen LogP contribution in [0.1, 0.15) is 25.0 Å². The Kier molecular flexibility index (Phi) is 5.92. The maximum absolute atomic E-state index is 13.5. The van der Waals surface area contributed by atoms with Crippen LogP contribution in [0.2, 0.25) is 39.3 Å². The van der Waals surface area contributed by atoms with E-state index >= 15 is 0 Å². The van der Waals surface area contributed by atoms with Crippen LogP contribution >= 0.6 is 0 Å². The van der Waals surface area contributed by atoms with Gasteiger partial charge in [-0.2, -0.15) is 0 Å². The van der Waals surface area contributed by atoms with Gasteiger partial charge >= 0.3 is 11.9 Å². The Morgan fingerprint density at radius 1 is 0.852 bits per heavy atom. The molecule has 1 aliphatic carbocycles. The highest BCUT2D eigenvalue weighted by Crippen LogP contribution is 2.54. The second-order valence-electron chi connectivity index (χ2n) is 8.99. The number of fused-ring (bicyclic) bond motifs is 1. The highest BCUT2D eigenvalue weighted by atomic mass is 28.3. The van der Waals surface area contributed by atoms with Gasteiger partial charge in [0.15, 0.2) is 0 Å². The zero-order valence-corrected chi connectivity index (χ0v) is 19.9. The number of hydrogen-bond donors (Lipinski definition) is 0. The third-order valence-electron chi connectivity index (χ3n) is 4.89. The van der Waals surface area contributed by atoms with Crippen LogP contribution < -0.4 is 0 Å². The molecule has 0 amide bonds. The Morgan fingerprint density at radius 2 is 1.33 bits per heavy atom. The normalized spacial score (nSPS) is 16.1. The summed E-state index contributed by atoms with van der Waals surface area (Å²) >= 11 is 0. The van der Waals surface area contributed by atoms with Crippen molar-refractivity contribution in [1.29, 1.82) is 0 Å². The van der Waals surface area contributed by atoms with Gasteiger partial charge < -0.3 is 9.47 Å². The summed E-state index contributed by atoms with van der Waals surface area (Å²) in [6, 6.07) is 7.81. The third kappa shape index (κ3) is 3.45. The summed E-state index contributed by atoms with van der Waals surface area (Å²) in [5.74, 6) is -0.997. The summed E-state index contributed by atoms with van der Waals surface area (Å²) in [4.78, 5) is 26.9. The molecule has 0 spiro atoms. The summed E-state index contributed by atoms with van der Waals surface area (Å²) in [6.07, 6.45) is 0. The monoisotopic (exact) mass is 404 g/mol. The Morgan fingerprint density at radius 3 is 1.74 bits per heavy atom. The van der Waals surface area contributed by atoms with Crippen LogP contribution in [0.25, 0.3) is 5.20 Å². The predicted molar refractivity (Wildman–Crippen MR) is 115 cm³/mol. The maximum Gasteiger partial charge on any atom is 0.331 e. The van der Waals surface area contributed by atoms with E-state index < -0.39 is 33.5 Å². The molecule has 0 aliphatic heterocycles. The molecule has 0 saturated heterocycles. The molecule has 6 heteroatoms. The molecule has 27 heavy (non-hydrogen) atoms. The van der Waals surface area contributed by atoms with Crippen LogP contribution in [0.4, 0.5) is 0 Å². The minimum Gasteiger partial charge on any atom is -0.465 e. The molecule has 0 unspecified atom stereocenters. The highest BCUT2D eigenvalue weighted by Gasteiger charge is 2.62. The largest absolute Gasteiger partial charge is 0.465 e. The molecular weight excluding hydrogens is 372 g/mol. The van der Waals surface area contributed by atoms with Gasteiger partial charge in [0.2, 0.25) is 5.41 Å². The van der Waals surface area contributed by atoms with Crippen molar-refractivity contribution < 1.29 is 19.1 Å². The van der Waals surface area contributed by atoms with Crippen LogP contribution in [0, 0.1) is 0 Å². The van der Waals surface area contributed by atoms with E-state index in [1.165, 1.54) is 5.20 Å². The van der Waals surface area contributed by atoms with Crippen molar-refractivity contribution in [3.05, 3.63) is 40.6 Å². The standard InChI is InChI=1S/C21H32O4Si2/c1-9-24-19(22)21(20(23)25-10-2)16-14-12-11-13-15(16)17(26(3,4)5)18(21)27(6,7)8/h11-14H,9-10H2,1-8H3. The van der Waals surface area contributed by atoms with Gasteiger partial charge in [-0.05, 0) is 30.2 Å². The van der Waals surface area contributed by atoms with Crippen molar-refractivity contribution in [3.8, 4) is 0 Å². The lowest BCUT2D eigenvalue weighted by atomic mass is 9.82. The van der Waals surface area contributed by atoms with E-state index in [-0.39, 0.29) is 13.2 Å². The van der Waals surface area contributed by atoms with E-state index in [1.807, 2.05) is 24.3 Å². The molecule has 1 aromatic carbocycles. The summed E-state index contributed by atoms with van der Waals surface area (Å²) in [7, 11) is -3.98. The maximum atomic E-state index is 13.5. The molecule has 1 aliphatic rings. The van der Waals surface area contributed by atoms with E-state index in [9.17, 15) is 9.59 Å². The minimum absolute atomic E-state index is 0.226. The Balaban J connectivity index is 3.05. The fourth-order valence-electron chi connectivity index (χ4n) is 4.19. The van der Waals surface area contributed by atoms with Crippen LogP contribution in [-0.4, -0.2) is 41.3 Å². The molecule has 0 radical (unpaired) electrons. The van der Waals surface area contributed by atoms with Crippen LogP contribution in [0.3, 0.4) is 0 Å². The Labute approximate surface area is 165 Å². The van der Waals surface area contributed by atoms with E-state index in [0.717, 1.165) is 16.3 Å². The highest BCUT2D eigenvalue weighted by molar-refractivity contribution is 6.99. The van der Waals surface area contributed by atoms with E-state index in [2.05, 4.69) is 39.3 Å². The topological polar surface area (TPSA) is 52.6 Å². The number of hydrogen-bond acceptors (Lipinski definition) is 4. The summed E-state index contributed by atoms with van der Waals surface area (Å²) < 4.78 is 11.0. The van der Waals surface area contributed by atoms with E-state index in [1.54, 1.807) is 13.8 Å². The first kappa shape index (κ1) is 21.6. The lowest BCUT2D eigenvalue weighted by Crippen LogP contribution is -2.52. The van der Waals surface area contributed by atoms with Crippen molar-refractivity contribution in [3.63, 3.8) is 0 Å². The first-order valence-electron chi connectivity index (χ1n) is 9.64. The first-order chi connectivity index (χ1) is 12.4. The lowest BCUT2D eigenvalue weighted by molar-refractivity contribution is -0.162. The average Bonchev–Trinajstić information content (AvgIpc) is 2.87. The Hall–Kier alpha value is -1.67. The van der Waals surface area contributed by atoms with Gasteiger partial charge in [-0.25, -0.2) is 0 Å². The van der Waals surface area contributed by atoms with Crippen LogP contribution in [0.15, 0.2) is 29.5 Å². The molecular formula is C21H32O4Si2. The fraction of sp³-hybridized carbons (Fsp3) is 0.524. The lowest BCUT2D eigenvalue weighted by Gasteiger charge is -2.36. The smallest absolute Gasteiger partial charge is 0.331 e. The number of ether oxygens (including phenoxy) is 2. The van der Waals surface area contributed by atoms with Crippen molar-refractivity contribution in [2.45, 2.75) is 58.5 Å². The second kappa shape index (κ2) is 7.39. The summed E-state index contributed by atoms with van der Waals surface area (Å²) in [6.45, 7) is 17.4. The molecule has 1 aromatic rings. The van der Waals surface area contributed by atoms with Crippen LogP contribution in [0.5, 0.6) is 0 Å². The molecule has 0 fully saturated rings. The molecule has 0 saturated carbocycles. The number of rotatable bonds is 6. The van der Waals surface area contributed by atoms with E-state index in [0.29, 0.717) is 0 Å². The molecule has 148 valence electrons. The van der Waals surface area contributed by atoms with Gasteiger partial charge in [-0.3, -0.25) is 9.59 Å². The van der Waals surface area contributed by atoms with Gasteiger partial charge in [0, 0.05) is 0 Å². The summed E-state index contributed by atoms with van der Waals surface area (Å²) in [5.41, 5.74) is 0.287. The molecule has 0 bridgehead atoms. The van der Waals surface area contributed by atoms with Gasteiger partial charge in [0.1, 0.15) is 0 Å². The van der Waals surface area contributed by atoms with E-state index in [4.69, 9.17) is 9.47 Å². The molecule has 0 atom stereocenters. The molecule has 0 aromatic heterocycles. The second-order valence-corrected chi connectivity index (χ2v) is 19.0. The predicted octanol–water partition coefficient (Wildman–Crippen LogP) is 4.57. The quantitative estimate of drug-likeness (QED) is 0.396. The van der Waals surface area contributed by atoms with Gasteiger partial charge in [-0.1, -0.05) is 68.7 Å². The zero-order valence-electron chi connectivity index (χ0n) is 17.9. The van der Waals surface area contributed by atoms with Gasteiger partial charge in [0.25, 0.3) is 0 Å². The SMILES string of the molecule is CCOC(=O)C1(C(=O)OCC)C([Si](C)(C)C)=C([Si](C)(C)C)c2ccccc21. The van der Waals surface area contributed by atoms with Crippen molar-refractivity contribution >= 4 is 33.3 Å². The number of benzene rings is 1. The molecule has 4 nitrogen and oxygen atoms in total. The number of carbonyl (C=O) groups excluding carboxylic acids is 2. The average molecular weight is 405 g/mol. The molecule has 0 heterocycles. The first-order valence-corrected chi connectivity index (χ1v) is 16.6. The van der Waals surface area contributed by atoms with Crippen molar-refractivity contribution in [2.24, 2.45) is 0 Å². The number of carbonyl (C=O) groups is 2. The minimum atomic E-state index is -2.10. The Bertz CT molecular complexity index is 764. The van der Waals surface area contributed by atoms with Crippen molar-refractivity contribution in [1.82, 2.24) is 0 Å².